The van der Waals surface area contributed by atoms with Crippen LogP contribution in [0.3, 0.4) is 0 Å². The fourth-order valence-electron chi connectivity index (χ4n) is 2.12. The molecule has 3 rings (SSSR count). The van der Waals surface area contributed by atoms with E-state index in [4.69, 9.17) is 0 Å². The molecule has 2 heterocycles. The van der Waals surface area contributed by atoms with Crippen LogP contribution in [0.5, 0.6) is 0 Å². The summed E-state index contributed by atoms with van der Waals surface area (Å²) in [5.41, 5.74) is 0.113. The smallest absolute Gasteiger partial charge is 0.271 e. The fourth-order valence-corrected chi connectivity index (χ4v) is 2.79. The van der Waals surface area contributed by atoms with E-state index < -0.39 is 11.5 Å². The second kappa shape index (κ2) is 7.05. The van der Waals surface area contributed by atoms with Crippen molar-refractivity contribution in [2.24, 2.45) is 0 Å². The van der Waals surface area contributed by atoms with Gasteiger partial charge >= 0.3 is 0 Å². The van der Waals surface area contributed by atoms with E-state index in [0.717, 1.165) is 0 Å². The summed E-state index contributed by atoms with van der Waals surface area (Å²) in [5, 5.41) is 7.02. The van der Waals surface area contributed by atoms with Crippen molar-refractivity contribution in [2.45, 2.75) is 0 Å². The zero-order valence-corrected chi connectivity index (χ0v) is 13.4. The van der Waals surface area contributed by atoms with Gasteiger partial charge in [-0.05, 0) is 12.1 Å². The van der Waals surface area contributed by atoms with Crippen LogP contribution in [0.4, 0.5) is 0 Å². The number of hydrogen-bond acceptors (Lipinski definition) is 5. The van der Waals surface area contributed by atoms with Gasteiger partial charge in [-0.1, -0.05) is 18.2 Å². The van der Waals surface area contributed by atoms with Gasteiger partial charge in [0.2, 0.25) is 0 Å². The number of fused-ring (bicyclic) bond motifs is 1. The van der Waals surface area contributed by atoms with Crippen molar-refractivity contribution in [3.8, 4) is 0 Å². The number of hydrogen-bond donors (Lipinski definition) is 2. The summed E-state index contributed by atoms with van der Waals surface area (Å²) in [6.45, 7) is 0.470. The van der Waals surface area contributed by atoms with Crippen LogP contribution in [0.15, 0.2) is 52.9 Å². The van der Waals surface area contributed by atoms with E-state index in [0.29, 0.717) is 10.5 Å². The average molecular weight is 342 g/mol. The molecule has 0 saturated heterocycles. The highest BCUT2D eigenvalue weighted by atomic mass is 32.1. The third kappa shape index (κ3) is 3.33. The number of thiazole rings is 1. The predicted molar refractivity (Wildman–Crippen MR) is 90.4 cm³/mol. The average Bonchev–Trinajstić information content (AvgIpc) is 3.09. The largest absolute Gasteiger partial charge is 0.350 e. The second-order valence-electron chi connectivity index (χ2n) is 4.91. The first-order valence-corrected chi connectivity index (χ1v) is 8.11. The Bertz CT molecular complexity index is 933. The lowest BCUT2D eigenvalue weighted by atomic mass is 10.2. The van der Waals surface area contributed by atoms with Crippen LogP contribution in [0.2, 0.25) is 0 Å². The van der Waals surface area contributed by atoms with Crippen LogP contribution >= 0.6 is 11.3 Å². The van der Waals surface area contributed by atoms with Crippen molar-refractivity contribution >= 4 is 28.1 Å². The standard InChI is InChI=1S/C16H14N4O3S/c21-13(11-4-2-1-3-5-11)17-6-7-18-14(22)12-10-19-16-20(15(12)23)8-9-24-16/h1-5,8-10H,6-7H2,(H,17,21)(H,18,22). The number of carbonyl (C=O) groups is 2. The van der Waals surface area contributed by atoms with Gasteiger partial charge < -0.3 is 10.6 Å². The molecule has 0 unspecified atom stereocenters. The van der Waals surface area contributed by atoms with Crippen molar-refractivity contribution in [3.63, 3.8) is 0 Å². The minimum absolute atomic E-state index is 0.0275. The Balaban J connectivity index is 1.55. The van der Waals surface area contributed by atoms with Gasteiger partial charge in [0, 0.05) is 36.4 Å². The van der Waals surface area contributed by atoms with Gasteiger partial charge in [0.15, 0.2) is 4.96 Å². The maximum absolute atomic E-state index is 12.2. The van der Waals surface area contributed by atoms with E-state index in [2.05, 4.69) is 15.6 Å². The van der Waals surface area contributed by atoms with Crippen molar-refractivity contribution in [3.05, 3.63) is 69.6 Å². The summed E-state index contributed by atoms with van der Waals surface area (Å²) >= 11 is 1.32. The first kappa shape index (κ1) is 15.9. The monoisotopic (exact) mass is 342 g/mol. The number of nitrogens with zero attached hydrogens (tertiary/aromatic N) is 2. The Labute approximate surface area is 141 Å². The molecule has 0 spiro atoms. The summed E-state index contributed by atoms with van der Waals surface area (Å²) in [6.07, 6.45) is 2.85. The van der Waals surface area contributed by atoms with Gasteiger partial charge in [0.1, 0.15) is 5.56 Å². The molecule has 7 nitrogen and oxygen atoms in total. The highest BCUT2D eigenvalue weighted by Crippen LogP contribution is 2.05. The molecular formula is C16H14N4O3S. The van der Waals surface area contributed by atoms with Gasteiger partial charge in [-0.15, -0.1) is 11.3 Å². The molecule has 0 saturated carbocycles. The Morgan fingerprint density at radius 1 is 1.08 bits per heavy atom. The number of amides is 2. The lowest BCUT2D eigenvalue weighted by Gasteiger charge is -2.07. The Morgan fingerprint density at radius 3 is 2.54 bits per heavy atom. The maximum Gasteiger partial charge on any atom is 0.271 e. The number of carbonyl (C=O) groups excluding carboxylic acids is 2. The minimum Gasteiger partial charge on any atom is -0.350 e. The molecular weight excluding hydrogens is 328 g/mol. The third-order valence-corrected chi connectivity index (χ3v) is 4.09. The molecule has 1 aromatic carbocycles. The summed E-state index contributed by atoms with van der Waals surface area (Å²) in [5.74, 6) is -0.728. The van der Waals surface area contributed by atoms with Crippen LogP contribution in [0.1, 0.15) is 20.7 Å². The zero-order valence-electron chi connectivity index (χ0n) is 12.6. The van der Waals surface area contributed by atoms with Gasteiger partial charge in [0.25, 0.3) is 17.4 Å². The van der Waals surface area contributed by atoms with E-state index in [-0.39, 0.29) is 24.6 Å². The SMILES string of the molecule is O=C(NCCNC(=O)c1cnc2sccn2c1=O)c1ccccc1. The first-order valence-electron chi connectivity index (χ1n) is 7.23. The van der Waals surface area contributed by atoms with Crippen molar-refractivity contribution in [2.75, 3.05) is 13.1 Å². The Hall–Kier alpha value is -3.00. The summed E-state index contributed by atoms with van der Waals surface area (Å²) in [6, 6.07) is 8.79. The minimum atomic E-state index is -0.512. The summed E-state index contributed by atoms with van der Waals surface area (Å²) in [7, 11) is 0. The molecule has 0 aliphatic rings. The van der Waals surface area contributed by atoms with E-state index in [1.165, 1.54) is 21.9 Å². The zero-order chi connectivity index (χ0) is 16.9. The van der Waals surface area contributed by atoms with E-state index in [1.807, 2.05) is 6.07 Å². The molecule has 2 aromatic heterocycles. The second-order valence-corrected chi connectivity index (χ2v) is 5.78. The Morgan fingerprint density at radius 2 is 1.79 bits per heavy atom. The molecule has 0 radical (unpaired) electrons. The maximum atomic E-state index is 12.2. The Kier molecular flexibility index (Phi) is 4.66. The number of nitrogens with one attached hydrogen (secondary N) is 2. The van der Waals surface area contributed by atoms with Crippen LogP contribution in [0, 0.1) is 0 Å². The molecule has 122 valence electrons. The van der Waals surface area contributed by atoms with Gasteiger partial charge in [-0.25, -0.2) is 4.98 Å². The summed E-state index contributed by atoms with van der Waals surface area (Å²) in [4.78, 5) is 40.7. The third-order valence-electron chi connectivity index (χ3n) is 3.32. The van der Waals surface area contributed by atoms with Gasteiger partial charge in [-0.3, -0.25) is 18.8 Å². The molecule has 0 atom stereocenters. The normalized spacial score (nSPS) is 10.5. The number of benzene rings is 1. The van der Waals surface area contributed by atoms with Crippen LogP contribution in [-0.4, -0.2) is 34.3 Å². The molecule has 0 aliphatic carbocycles. The topological polar surface area (TPSA) is 92.6 Å². The predicted octanol–water partition coefficient (Wildman–Crippen LogP) is 0.916. The summed E-state index contributed by atoms with van der Waals surface area (Å²) < 4.78 is 1.33. The highest BCUT2D eigenvalue weighted by Gasteiger charge is 2.13. The van der Waals surface area contributed by atoms with Crippen LogP contribution in [-0.2, 0) is 0 Å². The molecule has 2 amide bonds. The van der Waals surface area contributed by atoms with E-state index >= 15 is 0 Å². The van der Waals surface area contributed by atoms with Crippen molar-refractivity contribution in [1.29, 1.82) is 0 Å². The molecule has 0 bridgehead atoms. The van der Waals surface area contributed by atoms with Crippen LogP contribution in [0.25, 0.3) is 4.96 Å². The lowest BCUT2D eigenvalue weighted by molar-refractivity contribution is 0.0926. The highest BCUT2D eigenvalue weighted by molar-refractivity contribution is 7.15. The van der Waals surface area contributed by atoms with Crippen molar-refractivity contribution < 1.29 is 9.59 Å². The van der Waals surface area contributed by atoms with E-state index in [9.17, 15) is 14.4 Å². The molecule has 3 aromatic rings. The van der Waals surface area contributed by atoms with Gasteiger partial charge in [-0.2, -0.15) is 0 Å². The molecule has 0 fully saturated rings. The number of rotatable bonds is 5. The molecule has 0 aliphatic heterocycles. The fraction of sp³-hybridized carbons (Fsp3) is 0.125. The molecule has 24 heavy (non-hydrogen) atoms. The van der Waals surface area contributed by atoms with Crippen molar-refractivity contribution in [1.82, 2.24) is 20.0 Å². The molecule has 8 heteroatoms. The van der Waals surface area contributed by atoms with E-state index in [1.54, 1.807) is 35.8 Å². The first-order chi connectivity index (χ1) is 11.7. The number of aromatic nitrogens is 2. The van der Waals surface area contributed by atoms with Gasteiger partial charge in [0.05, 0.1) is 0 Å². The molecule has 2 N–H and O–H groups in total. The van der Waals surface area contributed by atoms with Crippen LogP contribution < -0.4 is 16.2 Å². The quantitative estimate of drug-likeness (QED) is 0.674. The lowest BCUT2D eigenvalue weighted by Crippen LogP contribution is -2.37.